The SMILES string of the molecule is CCC(Nc1nc2ccc(CC3COC3)cc2n1C)c1ccc(Oc2ccc(C(F)(F)F)cn2)cc1F. The molecule has 1 aliphatic rings. The molecule has 1 saturated heterocycles. The lowest BCUT2D eigenvalue weighted by Gasteiger charge is -2.25. The van der Waals surface area contributed by atoms with Crippen LogP contribution in [0.4, 0.5) is 23.5 Å². The van der Waals surface area contributed by atoms with Gasteiger partial charge in [-0.1, -0.05) is 19.1 Å². The molecule has 1 atom stereocenters. The Bertz CT molecular complexity index is 1400. The van der Waals surface area contributed by atoms with Gasteiger partial charge in [0.1, 0.15) is 11.6 Å². The number of benzene rings is 2. The Morgan fingerprint density at radius 2 is 1.95 bits per heavy atom. The monoisotopic (exact) mass is 514 g/mol. The third-order valence-electron chi connectivity index (χ3n) is 6.52. The van der Waals surface area contributed by atoms with Gasteiger partial charge in [0.15, 0.2) is 0 Å². The molecule has 2 aromatic heterocycles. The molecule has 5 rings (SSSR count). The number of nitrogens with zero attached hydrogens (tertiary/aromatic N) is 3. The third kappa shape index (κ3) is 5.39. The largest absolute Gasteiger partial charge is 0.439 e. The number of hydrogen-bond donors (Lipinski definition) is 1. The molecule has 0 spiro atoms. The summed E-state index contributed by atoms with van der Waals surface area (Å²) in [6, 6.07) is 12.2. The van der Waals surface area contributed by atoms with Crippen LogP contribution in [-0.4, -0.2) is 27.7 Å². The first-order chi connectivity index (χ1) is 17.7. The van der Waals surface area contributed by atoms with E-state index in [0.717, 1.165) is 42.8 Å². The standard InChI is InChI=1S/C27H26F4N4O2/c1-3-22(33-26-34-23-8-4-16(10-17-14-36-15-17)11-24(23)35(26)2)20-7-6-19(12-21(20)28)37-25-9-5-18(13-32-25)27(29,30)31/h4-9,11-13,17,22H,3,10,14-15H2,1-2H3,(H,33,34). The van der Waals surface area contributed by atoms with E-state index in [1.807, 2.05) is 24.6 Å². The first-order valence-electron chi connectivity index (χ1n) is 12.0. The van der Waals surface area contributed by atoms with Crippen LogP contribution in [0.2, 0.25) is 0 Å². The average Bonchev–Trinajstić information content (AvgIpc) is 3.15. The number of imidazole rings is 1. The first-order valence-corrected chi connectivity index (χ1v) is 12.0. The van der Waals surface area contributed by atoms with E-state index in [4.69, 9.17) is 14.5 Å². The molecule has 194 valence electrons. The van der Waals surface area contributed by atoms with E-state index in [2.05, 4.69) is 22.4 Å². The molecule has 1 N–H and O–H groups in total. The smallest absolute Gasteiger partial charge is 0.417 e. The van der Waals surface area contributed by atoms with Gasteiger partial charge in [-0.25, -0.2) is 14.4 Å². The molecular formula is C27H26F4N4O2. The highest BCUT2D eigenvalue weighted by molar-refractivity contribution is 5.79. The Morgan fingerprint density at radius 1 is 1.14 bits per heavy atom. The van der Waals surface area contributed by atoms with Crippen molar-refractivity contribution in [2.75, 3.05) is 18.5 Å². The van der Waals surface area contributed by atoms with Crippen LogP contribution >= 0.6 is 0 Å². The van der Waals surface area contributed by atoms with Gasteiger partial charge in [0, 0.05) is 36.9 Å². The molecule has 0 radical (unpaired) electrons. The Labute approximate surface area is 211 Å². The highest BCUT2D eigenvalue weighted by Gasteiger charge is 2.30. The van der Waals surface area contributed by atoms with E-state index in [1.165, 1.54) is 11.6 Å². The zero-order valence-corrected chi connectivity index (χ0v) is 20.3. The summed E-state index contributed by atoms with van der Waals surface area (Å²) >= 11 is 0. The minimum Gasteiger partial charge on any atom is -0.439 e. The lowest BCUT2D eigenvalue weighted by atomic mass is 9.98. The Kier molecular flexibility index (Phi) is 6.76. The molecule has 37 heavy (non-hydrogen) atoms. The molecule has 1 unspecified atom stereocenters. The van der Waals surface area contributed by atoms with E-state index in [1.54, 1.807) is 12.1 Å². The maximum atomic E-state index is 15.1. The summed E-state index contributed by atoms with van der Waals surface area (Å²) in [5.74, 6) is 0.745. The van der Waals surface area contributed by atoms with Gasteiger partial charge in [0.2, 0.25) is 11.8 Å². The highest BCUT2D eigenvalue weighted by atomic mass is 19.4. The van der Waals surface area contributed by atoms with Crippen molar-refractivity contribution >= 4 is 17.0 Å². The maximum Gasteiger partial charge on any atom is 0.417 e. The summed E-state index contributed by atoms with van der Waals surface area (Å²) in [5.41, 5.74) is 2.61. The van der Waals surface area contributed by atoms with E-state index in [0.29, 0.717) is 30.0 Å². The molecule has 4 aromatic rings. The minimum absolute atomic E-state index is 0.0609. The molecule has 1 fully saturated rings. The van der Waals surface area contributed by atoms with Gasteiger partial charge < -0.3 is 19.4 Å². The normalized spacial score (nSPS) is 15.0. The van der Waals surface area contributed by atoms with Crippen molar-refractivity contribution in [3.63, 3.8) is 0 Å². The summed E-state index contributed by atoms with van der Waals surface area (Å²) in [5, 5.41) is 3.35. The lowest BCUT2D eigenvalue weighted by Crippen LogP contribution is -2.29. The summed E-state index contributed by atoms with van der Waals surface area (Å²) in [6.07, 6.45) is -2.26. The second kappa shape index (κ2) is 10.0. The number of aryl methyl sites for hydroxylation is 1. The fraction of sp³-hybridized carbons (Fsp3) is 0.333. The summed E-state index contributed by atoms with van der Waals surface area (Å²) < 4.78 is 66.0. The number of pyridine rings is 1. The molecule has 2 aromatic carbocycles. The number of rotatable bonds is 8. The Hall–Kier alpha value is -3.66. The fourth-order valence-electron chi connectivity index (χ4n) is 4.37. The Balaban J connectivity index is 1.31. The van der Waals surface area contributed by atoms with E-state index in [9.17, 15) is 13.2 Å². The summed E-state index contributed by atoms with van der Waals surface area (Å²) in [6.45, 7) is 3.53. The number of alkyl halides is 3. The van der Waals surface area contributed by atoms with Crippen LogP contribution < -0.4 is 10.1 Å². The van der Waals surface area contributed by atoms with Crippen molar-refractivity contribution in [1.29, 1.82) is 0 Å². The maximum absolute atomic E-state index is 15.1. The fourth-order valence-corrected chi connectivity index (χ4v) is 4.37. The number of fused-ring (bicyclic) bond motifs is 1. The number of anilines is 1. The van der Waals surface area contributed by atoms with Crippen molar-refractivity contribution in [2.45, 2.75) is 32.0 Å². The summed E-state index contributed by atoms with van der Waals surface area (Å²) in [4.78, 5) is 8.36. The van der Waals surface area contributed by atoms with E-state index >= 15 is 4.39 Å². The molecule has 0 aliphatic carbocycles. The molecule has 3 heterocycles. The van der Waals surface area contributed by atoms with Crippen LogP contribution in [0.25, 0.3) is 11.0 Å². The predicted octanol–water partition coefficient (Wildman–Crippen LogP) is 6.67. The van der Waals surface area contributed by atoms with Gasteiger partial charge in [-0.3, -0.25) is 0 Å². The van der Waals surface area contributed by atoms with Crippen LogP contribution in [0.5, 0.6) is 11.6 Å². The summed E-state index contributed by atoms with van der Waals surface area (Å²) in [7, 11) is 1.92. The van der Waals surface area contributed by atoms with Gasteiger partial charge in [0.25, 0.3) is 0 Å². The van der Waals surface area contributed by atoms with Crippen LogP contribution in [0.3, 0.4) is 0 Å². The van der Waals surface area contributed by atoms with Gasteiger partial charge in [-0.2, -0.15) is 13.2 Å². The zero-order valence-electron chi connectivity index (χ0n) is 20.3. The third-order valence-corrected chi connectivity index (χ3v) is 6.52. The molecule has 0 bridgehead atoms. The van der Waals surface area contributed by atoms with Crippen LogP contribution in [0, 0.1) is 11.7 Å². The zero-order chi connectivity index (χ0) is 26.2. The molecule has 0 saturated carbocycles. The van der Waals surface area contributed by atoms with Gasteiger partial charge in [-0.15, -0.1) is 0 Å². The Morgan fingerprint density at radius 3 is 2.57 bits per heavy atom. The van der Waals surface area contributed by atoms with Crippen LogP contribution in [0.1, 0.15) is 36.1 Å². The van der Waals surface area contributed by atoms with Crippen molar-refractivity contribution in [3.05, 3.63) is 77.2 Å². The molecular weight excluding hydrogens is 488 g/mol. The predicted molar refractivity (Wildman–Crippen MR) is 131 cm³/mol. The molecule has 0 amide bonds. The number of hydrogen-bond acceptors (Lipinski definition) is 5. The minimum atomic E-state index is -4.49. The van der Waals surface area contributed by atoms with E-state index < -0.39 is 17.6 Å². The average molecular weight is 515 g/mol. The van der Waals surface area contributed by atoms with E-state index in [-0.39, 0.29) is 17.7 Å². The number of nitrogens with one attached hydrogen (secondary N) is 1. The molecule has 6 nitrogen and oxygen atoms in total. The second-order valence-electron chi connectivity index (χ2n) is 9.20. The van der Waals surface area contributed by atoms with Crippen molar-refractivity contribution in [2.24, 2.45) is 13.0 Å². The number of ether oxygens (including phenoxy) is 2. The number of halogens is 4. The second-order valence-corrected chi connectivity index (χ2v) is 9.20. The van der Waals surface area contributed by atoms with Gasteiger partial charge >= 0.3 is 6.18 Å². The molecule has 1 aliphatic heterocycles. The van der Waals surface area contributed by atoms with Crippen LogP contribution in [0.15, 0.2) is 54.7 Å². The van der Waals surface area contributed by atoms with Gasteiger partial charge in [0.05, 0.1) is 35.9 Å². The van der Waals surface area contributed by atoms with Crippen molar-refractivity contribution < 1.29 is 27.0 Å². The molecule has 10 heteroatoms. The lowest BCUT2D eigenvalue weighted by molar-refractivity contribution is -0.137. The van der Waals surface area contributed by atoms with Crippen molar-refractivity contribution in [1.82, 2.24) is 14.5 Å². The van der Waals surface area contributed by atoms with Crippen molar-refractivity contribution in [3.8, 4) is 11.6 Å². The van der Waals surface area contributed by atoms with Gasteiger partial charge in [-0.05, 0) is 42.7 Å². The first kappa shape index (κ1) is 25.0. The number of aromatic nitrogens is 3. The van der Waals surface area contributed by atoms with Crippen LogP contribution in [-0.2, 0) is 24.4 Å². The topological polar surface area (TPSA) is 61.2 Å². The highest BCUT2D eigenvalue weighted by Crippen LogP contribution is 2.32. The quantitative estimate of drug-likeness (QED) is 0.266.